The van der Waals surface area contributed by atoms with E-state index in [1.54, 1.807) is 18.2 Å². The number of carbonyl (C=O) groups excluding carboxylic acids is 1. The molecule has 0 radical (unpaired) electrons. The van der Waals surface area contributed by atoms with Crippen molar-refractivity contribution in [1.29, 1.82) is 0 Å². The lowest BCUT2D eigenvalue weighted by Crippen LogP contribution is -2.50. The van der Waals surface area contributed by atoms with Gasteiger partial charge >= 0.3 is 0 Å². The molecule has 4 rings (SSSR count). The lowest BCUT2D eigenvalue weighted by atomic mass is 9.79. The van der Waals surface area contributed by atoms with Crippen LogP contribution in [-0.2, 0) is 0 Å². The fourth-order valence-corrected chi connectivity index (χ4v) is 4.32. The highest BCUT2D eigenvalue weighted by Crippen LogP contribution is 2.38. The van der Waals surface area contributed by atoms with Crippen molar-refractivity contribution in [2.24, 2.45) is 5.92 Å². The predicted molar refractivity (Wildman–Crippen MR) is 103 cm³/mol. The van der Waals surface area contributed by atoms with Crippen LogP contribution in [0.2, 0.25) is 0 Å². The van der Waals surface area contributed by atoms with E-state index in [0.717, 1.165) is 25.2 Å². The Kier molecular flexibility index (Phi) is 5.04. The molecule has 0 aromatic carbocycles. The standard InChI is InChI=1S/C20H24N4O4/c1-27-17-7-6-14(20(23-17)28-2)19(26)22-11-16-13-8-12(9-21-10-13)15-4-3-5-18(25)24(15)16/h3-7,12-13,16,21H,8-11H2,1-2H3,(H,22,26)/t12-,13+,16+/m1/s1. The topological polar surface area (TPSA) is 94.5 Å². The maximum absolute atomic E-state index is 12.8. The molecule has 2 aromatic heterocycles. The number of methoxy groups -OCH3 is 2. The highest BCUT2D eigenvalue weighted by molar-refractivity contribution is 5.96. The molecule has 1 amide bonds. The third kappa shape index (κ3) is 3.24. The summed E-state index contributed by atoms with van der Waals surface area (Å²) >= 11 is 0. The maximum atomic E-state index is 12.8. The van der Waals surface area contributed by atoms with Gasteiger partial charge in [-0.05, 0) is 24.5 Å². The number of rotatable bonds is 5. The molecule has 1 saturated heterocycles. The minimum absolute atomic E-state index is 0.0166. The second-order valence-corrected chi connectivity index (χ2v) is 7.20. The second kappa shape index (κ2) is 7.63. The van der Waals surface area contributed by atoms with Crippen molar-refractivity contribution in [2.75, 3.05) is 33.9 Å². The molecule has 8 nitrogen and oxygen atoms in total. The van der Waals surface area contributed by atoms with Gasteiger partial charge in [-0.3, -0.25) is 9.59 Å². The van der Waals surface area contributed by atoms with Crippen LogP contribution in [0.5, 0.6) is 11.8 Å². The molecule has 8 heteroatoms. The number of amides is 1. The Morgan fingerprint density at radius 2 is 2.11 bits per heavy atom. The molecule has 2 aromatic rings. The van der Waals surface area contributed by atoms with E-state index >= 15 is 0 Å². The largest absolute Gasteiger partial charge is 0.481 e. The third-order valence-electron chi connectivity index (χ3n) is 5.65. The predicted octanol–water partition coefficient (Wildman–Crippen LogP) is 0.938. The van der Waals surface area contributed by atoms with Crippen LogP contribution in [0.4, 0.5) is 0 Å². The minimum Gasteiger partial charge on any atom is -0.481 e. The van der Waals surface area contributed by atoms with Gasteiger partial charge < -0.3 is 24.7 Å². The normalized spacial score (nSPS) is 22.9. The van der Waals surface area contributed by atoms with E-state index in [-0.39, 0.29) is 23.4 Å². The van der Waals surface area contributed by atoms with E-state index in [9.17, 15) is 9.59 Å². The number of aromatic nitrogens is 2. The van der Waals surface area contributed by atoms with E-state index in [1.165, 1.54) is 14.2 Å². The maximum Gasteiger partial charge on any atom is 0.256 e. The molecule has 0 unspecified atom stereocenters. The SMILES string of the molecule is COc1ccc(C(=O)NC[C@H]2[C@@H]3CNC[C@@H](C3)c3cccc(=O)n32)c(OC)n1. The van der Waals surface area contributed by atoms with Crippen LogP contribution in [0.1, 0.15) is 34.4 Å². The van der Waals surface area contributed by atoms with Gasteiger partial charge in [-0.2, -0.15) is 4.98 Å². The van der Waals surface area contributed by atoms with Crippen molar-refractivity contribution >= 4 is 5.91 Å². The van der Waals surface area contributed by atoms with Crippen LogP contribution in [0, 0.1) is 5.92 Å². The molecule has 148 valence electrons. The minimum atomic E-state index is -0.288. The summed E-state index contributed by atoms with van der Waals surface area (Å²) in [5.74, 6) is 0.925. The Hall–Kier alpha value is -2.87. The molecule has 2 aliphatic heterocycles. The monoisotopic (exact) mass is 384 g/mol. The third-order valence-corrected chi connectivity index (χ3v) is 5.65. The van der Waals surface area contributed by atoms with Crippen molar-refractivity contribution in [3.8, 4) is 11.8 Å². The summed E-state index contributed by atoms with van der Waals surface area (Å²) < 4.78 is 12.2. The second-order valence-electron chi connectivity index (χ2n) is 7.20. The van der Waals surface area contributed by atoms with Crippen LogP contribution in [0.15, 0.2) is 35.1 Å². The first kappa shape index (κ1) is 18.5. The number of nitrogens with one attached hydrogen (secondary N) is 2. The van der Waals surface area contributed by atoms with Gasteiger partial charge in [0.25, 0.3) is 11.5 Å². The molecule has 2 bridgehead atoms. The van der Waals surface area contributed by atoms with Gasteiger partial charge in [0.1, 0.15) is 5.56 Å². The number of nitrogens with zero attached hydrogens (tertiary/aromatic N) is 2. The Balaban J connectivity index is 1.57. The quantitative estimate of drug-likeness (QED) is 0.797. The number of ether oxygens (including phenoxy) is 2. The van der Waals surface area contributed by atoms with E-state index in [4.69, 9.17) is 9.47 Å². The van der Waals surface area contributed by atoms with Crippen molar-refractivity contribution in [2.45, 2.75) is 18.4 Å². The van der Waals surface area contributed by atoms with Gasteiger partial charge in [0.05, 0.1) is 20.3 Å². The van der Waals surface area contributed by atoms with Gasteiger partial charge in [0.15, 0.2) is 0 Å². The lowest BCUT2D eigenvalue weighted by molar-refractivity contribution is 0.0928. The summed E-state index contributed by atoms with van der Waals surface area (Å²) in [5.41, 5.74) is 1.36. The van der Waals surface area contributed by atoms with Gasteiger partial charge in [-0.25, -0.2) is 0 Å². The number of fused-ring (bicyclic) bond motifs is 4. The average molecular weight is 384 g/mol. The first-order valence-electron chi connectivity index (χ1n) is 9.41. The summed E-state index contributed by atoms with van der Waals surface area (Å²) in [6.45, 7) is 2.09. The summed E-state index contributed by atoms with van der Waals surface area (Å²) in [6.07, 6.45) is 1.02. The zero-order chi connectivity index (χ0) is 19.7. The number of carbonyl (C=O) groups is 1. The molecule has 4 heterocycles. The molecule has 0 saturated carbocycles. The molecular weight excluding hydrogens is 360 g/mol. The zero-order valence-corrected chi connectivity index (χ0v) is 16.0. The van der Waals surface area contributed by atoms with Crippen LogP contribution in [0.25, 0.3) is 0 Å². The Labute approximate surface area is 162 Å². The summed E-state index contributed by atoms with van der Waals surface area (Å²) in [5, 5.41) is 6.42. The molecule has 2 aliphatic rings. The van der Waals surface area contributed by atoms with Crippen LogP contribution in [-0.4, -0.2) is 49.3 Å². The van der Waals surface area contributed by atoms with Crippen molar-refractivity contribution in [3.05, 3.63) is 51.9 Å². The fraction of sp³-hybridized carbons (Fsp3) is 0.450. The number of hydrogen-bond donors (Lipinski definition) is 2. The number of pyridine rings is 2. The molecule has 2 N–H and O–H groups in total. The van der Waals surface area contributed by atoms with Gasteiger partial charge in [-0.1, -0.05) is 6.07 Å². The first-order chi connectivity index (χ1) is 13.6. The Morgan fingerprint density at radius 3 is 2.89 bits per heavy atom. The van der Waals surface area contributed by atoms with E-state index in [0.29, 0.717) is 29.8 Å². The fourth-order valence-electron chi connectivity index (χ4n) is 4.32. The van der Waals surface area contributed by atoms with Crippen LogP contribution < -0.4 is 25.7 Å². The molecule has 0 spiro atoms. The molecular formula is C20H24N4O4. The highest BCUT2D eigenvalue weighted by atomic mass is 16.5. The Morgan fingerprint density at radius 1 is 1.25 bits per heavy atom. The van der Waals surface area contributed by atoms with Crippen molar-refractivity contribution < 1.29 is 14.3 Å². The zero-order valence-electron chi connectivity index (χ0n) is 16.0. The summed E-state index contributed by atoms with van der Waals surface area (Å²) in [6, 6.07) is 8.57. The first-order valence-corrected chi connectivity index (χ1v) is 9.41. The lowest BCUT2D eigenvalue weighted by Gasteiger charge is -2.43. The Bertz CT molecular complexity index is 942. The van der Waals surface area contributed by atoms with Gasteiger partial charge in [0.2, 0.25) is 11.8 Å². The van der Waals surface area contributed by atoms with E-state index in [1.807, 2.05) is 16.7 Å². The van der Waals surface area contributed by atoms with E-state index in [2.05, 4.69) is 15.6 Å². The molecule has 0 aliphatic carbocycles. The van der Waals surface area contributed by atoms with Crippen LogP contribution >= 0.6 is 0 Å². The van der Waals surface area contributed by atoms with Crippen molar-refractivity contribution in [1.82, 2.24) is 20.2 Å². The smallest absolute Gasteiger partial charge is 0.256 e. The van der Waals surface area contributed by atoms with Gasteiger partial charge in [-0.15, -0.1) is 0 Å². The average Bonchev–Trinajstić information content (AvgIpc) is 2.73. The van der Waals surface area contributed by atoms with Crippen molar-refractivity contribution in [3.63, 3.8) is 0 Å². The number of piperidine rings is 1. The molecule has 3 atom stereocenters. The molecule has 28 heavy (non-hydrogen) atoms. The highest BCUT2D eigenvalue weighted by Gasteiger charge is 2.37. The van der Waals surface area contributed by atoms with Crippen LogP contribution in [0.3, 0.4) is 0 Å². The van der Waals surface area contributed by atoms with E-state index < -0.39 is 0 Å². The van der Waals surface area contributed by atoms with Gasteiger partial charge in [0, 0.05) is 43.4 Å². The summed E-state index contributed by atoms with van der Waals surface area (Å²) in [4.78, 5) is 29.5. The molecule has 1 fully saturated rings. The number of hydrogen-bond acceptors (Lipinski definition) is 6. The summed E-state index contributed by atoms with van der Waals surface area (Å²) in [7, 11) is 2.97.